The fraction of sp³-hybridized carbons (Fsp3) is 0.650. The van der Waals surface area contributed by atoms with Gasteiger partial charge in [0.25, 0.3) is 0 Å². The van der Waals surface area contributed by atoms with Crippen LogP contribution in [0.2, 0.25) is 0 Å². The zero-order valence-electron chi connectivity index (χ0n) is 15.5. The highest BCUT2D eigenvalue weighted by atomic mass is 16.5. The van der Waals surface area contributed by atoms with Gasteiger partial charge in [0.05, 0.1) is 20.1 Å². The van der Waals surface area contributed by atoms with Gasteiger partial charge in [-0.1, -0.05) is 50.6 Å². The van der Waals surface area contributed by atoms with E-state index in [-0.39, 0.29) is 18.1 Å². The van der Waals surface area contributed by atoms with Gasteiger partial charge >= 0.3 is 5.97 Å². The van der Waals surface area contributed by atoms with Crippen LogP contribution in [0.25, 0.3) is 0 Å². The molecule has 0 aromatic heterocycles. The van der Waals surface area contributed by atoms with Crippen molar-refractivity contribution in [1.82, 2.24) is 0 Å². The van der Waals surface area contributed by atoms with Gasteiger partial charge < -0.3 is 9.22 Å². The molecule has 23 heavy (non-hydrogen) atoms. The number of quaternary nitrogens is 1. The number of hydrogen-bond acceptors (Lipinski definition) is 2. The number of rotatable bonds is 10. The molecule has 0 radical (unpaired) electrons. The van der Waals surface area contributed by atoms with Crippen LogP contribution in [0.1, 0.15) is 65.0 Å². The predicted molar refractivity (Wildman–Crippen MR) is 96.1 cm³/mol. The number of unbranched alkanes of at least 4 members (excludes halogenated alkanes) is 2. The maximum absolute atomic E-state index is 11.6. The van der Waals surface area contributed by atoms with E-state index in [1.165, 1.54) is 26.2 Å². The van der Waals surface area contributed by atoms with Crippen LogP contribution < -0.4 is 0 Å². The smallest absolute Gasteiger partial charge is 0.303 e. The Balaban J connectivity index is 3.02. The van der Waals surface area contributed by atoms with Gasteiger partial charge in [-0.25, -0.2) is 0 Å². The predicted octanol–water partition coefficient (Wildman–Crippen LogP) is 4.73. The van der Waals surface area contributed by atoms with Crippen LogP contribution in [0.5, 0.6) is 0 Å². The van der Waals surface area contributed by atoms with Crippen LogP contribution in [0.3, 0.4) is 0 Å². The van der Waals surface area contributed by atoms with E-state index in [0.29, 0.717) is 0 Å². The number of likely N-dealkylation sites (N-methyl/N-ethyl adjacent to an activating group) is 1. The molecule has 0 bridgehead atoms. The molecule has 0 N–H and O–H groups in total. The standard InChI is InChI=1S/C20H34NO2/c1-6-8-12-16-21(5,15-7-2)17(3)20(23-18(4)22)19-13-10-9-11-14-19/h9-11,13-14,17,20H,6-8,12,15-16H2,1-5H3/q+1/t17-,20+,21+/m1/s1. The molecule has 3 nitrogen and oxygen atoms in total. The maximum Gasteiger partial charge on any atom is 0.303 e. The fourth-order valence-electron chi connectivity index (χ4n) is 3.35. The Labute approximate surface area is 142 Å². The summed E-state index contributed by atoms with van der Waals surface area (Å²) in [5.41, 5.74) is 1.09. The van der Waals surface area contributed by atoms with E-state index < -0.39 is 0 Å². The van der Waals surface area contributed by atoms with E-state index in [1.807, 2.05) is 18.2 Å². The Morgan fingerprint density at radius 2 is 1.74 bits per heavy atom. The molecule has 0 amide bonds. The molecule has 1 aromatic rings. The first-order chi connectivity index (χ1) is 10.9. The molecule has 1 aromatic carbocycles. The van der Waals surface area contributed by atoms with Crippen molar-refractivity contribution in [2.24, 2.45) is 0 Å². The molecule has 0 aliphatic heterocycles. The summed E-state index contributed by atoms with van der Waals surface area (Å²) in [6.07, 6.45) is 4.65. The lowest BCUT2D eigenvalue weighted by atomic mass is 9.99. The first-order valence-electron chi connectivity index (χ1n) is 9.01. The molecule has 0 aliphatic rings. The quantitative estimate of drug-likeness (QED) is 0.354. The van der Waals surface area contributed by atoms with Crippen LogP contribution in [-0.4, -0.2) is 36.6 Å². The van der Waals surface area contributed by atoms with Crippen molar-refractivity contribution in [2.75, 3.05) is 20.1 Å². The second kappa shape index (κ2) is 9.71. The Kier molecular flexibility index (Phi) is 8.32. The zero-order valence-corrected chi connectivity index (χ0v) is 15.5. The van der Waals surface area contributed by atoms with Gasteiger partial charge in [-0.05, 0) is 31.7 Å². The number of hydrogen-bond donors (Lipinski definition) is 0. The number of carbonyl (C=O) groups excluding carboxylic acids is 1. The SMILES string of the molecule is CCCCC[N@+](C)(CCC)[C@H](C)[C@H](OC(C)=O)c1ccccc1. The van der Waals surface area contributed by atoms with Gasteiger partial charge in [0.2, 0.25) is 0 Å². The Morgan fingerprint density at radius 1 is 1.09 bits per heavy atom. The molecule has 0 heterocycles. The molecule has 1 rings (SSSR count). The van der Waals surface area contributed by atoms with E-state index in [4.69, 9.17) is 4.74 Å². The molecule has 0 saturated heterocycles. The summed E-state index contributed by atoms with van der Waals surface area (Å²) in [5.74, 6) is -0.206. The minimum atomic E-state index is -0.206. The van der Waals surface area contributed by atoms with E-state index in [9.17, 15) is 4.79 Å². The van der Waals surface area contributed by atoms with Gasteiger partial charge in [-0.3, -0.25) is 4.79 Å². The summed E-state index contributed by atoms with van der Waals surface area (Å²) in [5, 5.41) is 0. The van der Waals surface area contributed by atoms with Crippen LogP contribution in [0.4, 0.5) is 0 Å². The van der Waals surface area contributed by atoms with Crippen LogP contribution in [0.15, 0.2) is 30.3 Å². The molecule has 130 valence electrons. The molecular weight excluding hydrogens is 286 g/mol. The van der Waals surface area contributed by atoms with Gasteiger partial charge in [0, 0.05) is 6.92 Å². The number of esters is 1. The minimum Gasteiger partial charge on any atom is -0.451 e. The van der Waals surface area contributed by atoms with E-state index in [2.05, 4.69) is 40.0 Å². The zero-order chi connectivity index (χ0) is 17.3. The molecular formula is C20H34NO2+. The van der Waals surface area contributed by atoms with Crippen molar-refractivity contribution < 1.29 is 14.0 Å². The van der Waals surface area contributed by atoms with Crippen molar-refractivity contribution in [3.8, 4) is 0 Å². The summed E-state index contributed by atoms with van der Waals surface area (Å²) in [7, 11) is 2.31. The van der Waals surface area contributed by atoms with Crippen molar-refractivity contribution in [1.29, 1.82) is 0 Å². The molecule has 0 aliphatic carbocycles. The largest absolute Gasteiger partial charge is 0.451 e. The van der Waals surface area contributed by atoms with E-state index in [1.54, 1.807) is 0 Å². The highest BCUT2D eigenvalue weighted by molar-refractivity contribution is 5.66. The third-order valence-electron chi connectivity index (χ3n) is 4.85. The molecule has 0 fully saturated rings. The molecule has 0 unspecified atom stereocenters. The third-order valence-corrected chi connectivity index (χ3v) is 4.85. The van der Waals surface area contributed by atoms with Gasteiger partial charge in [-0.15, -0.1) is 0 Å². The van der Waals surface area contributed by atoms with Crippen LogP contribution in [-0.2, 0) is 9.53 Å². The lowest BCUT2D eigenvalue weighted by Gasteiger charge is -2.43. The fourth-order valence-corrected chi connectivity index (χ4v) is 3.35. The van der Waals surface area contributed by atoms with E-state index in [0.717, 1.165) is 29.6 Å². The topological polar surface area (TPSA) is 26.3 Å². The Bertz CT molecular complexity index is 460. The van der Waals surface area contributed by atoms with Crippen molar-refractivity contribution in [2.45, 2.75) is 65.5 Å². The minimum absolute atomic E-state index is 0.188. The number of nitrogens with zero attached hydrogens (tertiary/aromatic N) is 1. The highest BCUT2D eigenvalue weighted by Crippen LogP contribution is 2.29. The molecule has 0 spiro atoms. The number of ether oxygens (including phenoxy) is 1. The van der Waals surface area contributed by atoms with Crippen molar-refractivity contribution >= 4 is 5.97 Å². The second-order valence-corrected chi connectivity index (χ2v) is 6.82. The van der Waals surface area contributed by atoms with Crippen molar-refractivity contribution in [3.05, 3.63) is 35.9 Å². The Morgan fingerprint density at radius 3 is 2.26 bits per heavy atom. The summed E-state index contributed by atoms with van der Waals surface area (Å²) in [4.78, 5) is 11.6. The average Bonchev–Trinajstić information content (AvgIpc) is 2.53. The third kappa shape index (κ3) is 5.98. The summed E-state index contributed by atoms with van der Waals surface area (Å²) < 4.78 is 6.69. The number of carbonyl (C=O) groups is 1. The van der Waals surface area contributed by atoms with Gasteiger partial charge in [0.1, 0.15) is 6.04 Å². The molecule has 3 atom stereocenters. The summed E-state index contributed by atoms with van der Waals surface area (Å²) >= 11 is 0. The summed E-state index contributed by atoms with van der Waals surface area (Å²) in [6, 6.07) is 10.4. The lowest BCUT2D eigenvalue weighted by molar-refractivity contribution is -0.935. The lowest BCUT2D eigenvalue weighted by Crippen LogP contribution is -2.55. The Hall–Kier alpha value is -1.35. The average molecular weight is 320 g/mol. The van der Waals surface area contributed by atoms with Crippen molar-refractivity contribution in [3.63, 3.8) is 0 Å². The first-order valence-corrected chi connectivity index (χ1v) is 9.01. The normalized spacial score (nSPS) is 16.4. The maximum atomic E-state index is 11.6. The van der Waals surface area contributed by atoms with Crippen LogP contribution >= 0.6 is 0 Å². The van der Waals surface area contributed by atoms with Crippen LogP contribution in [0, 0.1) is 0 Å². The molecule has 3 heteroatoms. The second-order valence-electron chi connectivity index (χ2n) is 6.82. The van der Waals surface area contributed by atoms with Gasteiger partial charge in [-0.2, -0.15) is 0 Å². The first kappa shape index (κ1) is 19.7. The summed E-state index contributed by atoms with van der Waals surface area (Å²) in [6.45, 7) is 10.4. The van der Waals surface area contributed by atoms with Gasteiger partial charge in [0.15, 0.2) is 6.10 Å². The highest BCUT2D eigenvalue weighted by Gasteiger charge is 2.37. The monoisotopic (exact) mass is 320 g/mol. The number of benzene rings is 1. The molecule has 0 saturated carbocycles. The van der Waals surface area contributed by atoms with E-state index >= 15 is 0 Å².